The molecule has 1 atom stereocenters. The molecule has 2 rings (SSSR count). The molecule has 110 valence electrons. The molecule has 0 aliphatic carbocycles. The molecule has 1 aromatic rings. The first-order chi connectivity index (χ1) is 9.37. The standard InChI is InChI=1S/C12H15ClN2O3S2/c13-11-6-9(3-4-10(11)12(14)19)20(17,18)15-5-1-2-8(15)7-16/h3-4,6,8,16H,1-2,5,7H2,(H2,14,19). The zero-order valence-electron chi connectivity index (χ0n) is 10.6. The monoisotopic (exact) mass is 334 g/mol. The summed E-state index contributed by atoms with van der Waals surface area (Å²) in [6.45, 7) is 0.222. The Bertz CT molecular complexity index is 634. The minimum Gasteiger partial charge on any atom is -0.395 e. The van der Waals surface area contributed by atoms with Crippen LogP contribution in [0.25, 0.3) is 0 Å². The van der Waals surface area contributed by atoms with Gasteiger partial charge in [-0.3, -0.25) is 0 Å². The van der Waals surface area contributed by atoms with Crippen molar-refractivity contribution < 1.29 is 13.5 Å². The predicted octanol–water partition coefficient (Wildman–Crippen LogP) is 1.12. The van der Waals surface area contributed by atoms with E-state index in [1.54, 1.807) is 0 Å². The second-order valence-corrected chi connectivity index (χ2v) is 7.34. The summed E-state index contributed by atoms with van der Waals surface area (Å²) in [5.41, 5.74) is 5.94. The highest BCUT2D eigenvalue weighted by molar-refractivity contribution is 7.89. The Balaban J connectivity index is 2.40. The van der Waals surface area contributed by atoms with Crippen LogP contribution in [0.5, 0.6) is 0 Å². The van der Waals surface area contributed by atoms with E-state index >= 15 is 0 Å². The van der Waals surface area contributed by atoms with Crippen molar-refractivity contribution >= 4 is 38.8 Å². The maximum absolute atomic E-state index is 12.5. The van der Waals surface area contributed by atoms with Crippen LogP contribution in [0.4, 0.5) is 0 Å². The average molecular weight is 335 g/mol. The van der Waals surface area contributed by atoms with Crippen molar-refractivity contribution in [3.63, 3.8) is 0 Å². The Morgan fingerprint density at radius 2 is 2.25 bits per heavy atom. The van der Waals surface area contributed by atoms with E-state index in [9.17, 15) is 13.5 Å². The van der Waals surface area contributed by atoms with Gasteiger partial charge in [0.1, 0.15) is 4.99 Å². The van der Waals surface area contributed by atoms with Crippen LogP contribution in [0, 0.1) is 0 Å². The van der Waals surface area contributed by atoms with Gasteiger partial charge in [-0.05, 0) is 31.0 Å². The molecule has 1 unspecified atom stereocenters. The second-order valence-electron chi connectivity index (χ2n) is 4.60. The van der Waals surface area contributed by atoms with E-state index < -0.39 is 10.0 Å². The van der Waals surface area contributed by atoms with Crippen molar-refractivity contribution in [1.29, 1.82) is 0 Å². The molecule has 8 heteroatoms. The van der Waals surface area contributed by atoms with Crippen molar-refractivity contribution in [2.24, 2.45) is 5.73 Å². The van der Waals surface area contributed by atoms with E-state index in [-0.39, 0.29) is 27.6 Å². The summed E-state index contributed by atoms with van der Waals surface area (Å²) in [6.07, 6.45) is 1.40. The van der Waals surface area contributed by atoms with Crippen LogP contribution in [-0.2, 0) is 10.0 Å². The smallest absolute Gasteiger partial charge is 0.243 e. The summed E-state index contributed by atoms with van der Waals surface area (Å²) in [7, 11) is -3.66. The molecule has 0 saturated carbocycles. The Morgan fingerprint density at radius 1 is 1.55 bits per heavy atom. The van der Waals surface area contributed by atoms with Crippen molar-refractivity contribution in [2.45, 2.75) is 23.8 Å². The fourth-order valence-electron chi connectivity index (χ4n) is 2.30. The third-order valence-electron chi connectivity index (χ3n) is 3.35. The number of aliphatic hydroxyl groups is 1. The molecule has 0 amide bonds. The lowest BCUT2D eigenvalue weighted by Crippen LogP contribution is -2.37. The molecule has 5 nitrogen and oxygen atoms in total. The van der Waals surface area contributed by atoms with E-state index in [0.717, 1.165) is 6.42 Å². The minimum absolute atomic E-state index is 0.0860. The fourth-order valence-corrected chi connectivity index (χ4v) is 4.59. The Labute approximate surface area is 128 Å². The SMILES string of the molecule is NC(=S)c1ccc(S(=O)(=O)N2CCCC2CO)cc1Cl. The number of rotatable bonds is 4. The number of benzene rings is 1. The average Bonchev–Trinajstić information content (AvgIpc) is 2.87. The van der Waals surface area contributed by atoms with Crippen molar-refractivity contribution in [1.82, 2.24) is 4.31 Å². The zero-order chi connectivity index (χ0) is 14.9. The number of hydrogen-bond acceptors (Lipinski definition) is 4. The summed E-state index contributed by atoms with van der Waals surface area (Å²) in [4.78, 5) is 0.205. The Hall–Kier alpha value is -0.730. The lowest BCUT2D eigenvalue weighted by atomic mass is 10.2. The number of aliphatic hydroxyl groups excluding tert-OH is 1. The van der Waals surface area contributed by atoms with Crippen LogP contribution >= 0.6 is 23.8 Å². The lowest BCUT2D eigenvalue weighted by molar-refractivity contribution is 0.213. The number of nitrogens with zero attached hydrogens (tertiary/aromatic N) is 1. The molecule has 1 aliphatic heterocycles. The van der Waals surface area contributed by atoms with Crippen LogP contribution in [0.3, 0.4) is 0 Å². The molecule has 1 aromatic carbocycles. The molecule has 1 fully saturated rings. The first kappa shape index (κ1) is 15.7. The number of sulfonamides is 1. The van der Waals surface area contributed by atoms with Gasteiger partial charge < -0.3 is 10.8 Å². The van der Waals surface area contributed by atoms with Crippen LogP contribution in [0.2, 0.25) is 5.02 Å². The first-order valence-corrected chi connectivity index (χ1v) is 8.32. The Morgan fingerprint density at radius 3 is 2.80 bits per heavy atom. The number of halogens is 1. The van der Waals surface area contributed by atoms with Gasteiger partial charge in [-0.15, -0.1) is 0 Å². The van der Waals surface area contributed by atoms with Gasteiger partial charge in [0.15, 0.2) is 0 Å². The first-order valence-electron chi connectivity index (χ1n) is 6.10. The van der Waals surface area contributed by atoms with Gasteiger partial charge in [0, 0.05) is 18.2 Å². The third kappa shape index (κ3) is 2.82. The van der Waals surface area contributed by atoms with Crippen molar-refractivity contribution in [2.75, 3.05) is 13.2 Å². The third-order valence-corrected chi connectivity index (χ3v) is 5.83. The second kappa shape index (κ2) is 5.95. The molecule has 20 heavy (non-hydrogen) atoms. The largest absolute Gasteiger partial charge is 0.395 e. The molecule has 1 saturated heterocycles. The van der Waals surface area contributed by atoms with E-state index in [2.05, 4.69) is 0 Å². The molecule has 0 aromatic heterocycles. The van der Waals surface area contributed by atoms with Gasteiger partial charge in [-0.2, -0.15) is 4.31 Å². The summed E-state index contributed by atoms with van der Waals surface area (Å²) in [5, 5.41) is 9.46. The fraction of sp³-hybridized carbons (Fsp3) is 0.417. The summed E-state index contributed by atoms with van der Waals surface area (Å²) in [5.74, 6) is 0. The van der Waals surface area contributed by atoms with Gasteiger partial charge in [0.25, 0.3) is 0 Å². The highest BCUT2D eigenvalue weighted by atomic mass is 35.5. The normalized spacial score (nSPS) is 20.2. The van der Waals surface area contributed by atoms with E-state index in [0.29, 0.717) is 18.5 Å². The van der Waals surface area contributed by atoms with Crippen molar-refractivity contribution in [3.8, 4) is 0 Å². The molecule has 3 N–H and O–H groups in total. The van der Waals surface area contributed by atoms with Gasteiger partial charge in [0.2, 0.25) is 10.0 Å². The molecule has 0 spiro atoms. The van der Waals surface area contributed by atoms with Crippen LogP contribution in [0.1, 0.15) is 18.4 Å². The van der Waals surface area contributed by atoms with E-state index in [1.807, 2.05) is 0 Å². The maximum Gasteiger partial charge on any atom is 0.243 e. The van der Waals surface area contributed by atoms with E-state index in [4.69, 9.17) is 29.6 Å². The van der Waals surface area contributed by atoms with E-state index in [1.165, 1.54) is 22.5 Å². The quantitative estimate of drug-likeness (QED) is 0.806. The lowest BCUT2D eigenvalue weighted by Gasteiger charge is -2.22. The van der Waals surface area contributed by atoms with Gasteiger partial charge in [0.05, 0.1) is 16.5 Å². The number of thiocarbonyl (C=S) groups is 1. The van der Waals surface area contributed by atoms with Crippen LogP contribution in [-0.4, -0.2) is 42.0 Å². The molecule has 0 bridgehead atoms. The Kier molecular flexibility index (Phi) is 4.66. The van der Waals surface area contributed by atoms with Crippen LogP contribution < -0.4 is 5.73 Å². The number of hydrogen-bond donors (Lipinski definition) is 2. The predicted molar refractivity (Wildman–Crippen MR) is 81.3 cm³/mol. The molecule has 1 aliphatic rings. The highest BCUT2D eigenvalue weighted by Gasteiger charge is 2.35. The van der Waals surface area contributed by atoms with Gasteiger partial charge in [-0.25, -0.2) is 8.42 Å². The van der Waals surface area contributed by atoms with Crippen LogP contribution in [0.15, 0.2) is 23.1 Å². The molecular weight excluding hydrogens is 320 g/mol. The molecule has 1 heterocycles. The topological polar surface area (TPSA) is 83.6 Å². The summed E-state index contributed by atoms with van der Waals surface area (Å²) >= 11 is 10.8. The summed E-state index contributed by atoms with van der Waals surface area (Å²) in [6, 6.07) is 3.91. The molecular formula is C12H15ClN2O3S2. The van der Waals surface area contributed by atoms with Gasteiger partial charge in [-0.1, -0.05) is 23.8 Å². The maximum atomic E-state index is 12.5. The molecule has 0 radical (unpaired) electrons. The minimum atomic E-state index is -3.66. The van der Waals surface area contributed by atoms with Crippen molar-refractivity contribution in [3.05, 3.63) is 28.8 Å². The zero-order valence-corrected chi connectivity index (χ0v) is 13.0. The number of nitrogens with two attached hydrogens (primary N) is 1. The summed E-state index contributed by atoms with van der Waals surface area (Å²) < 4.78 is 26.4. The highest BCUT2D eigenvalue weighted by Crippen LogP contribution is 2.28. The van der Waals surface area contributed by atoms with Gasteiger partial charge >= 0.3 is 0 Å².